The largest absolute Gasteiger partial charge is 0.493 e. The van der Waals surface area contributed by atoms with Gasteiger partial charge in [-0.2, -0.15) is 4.37 Å². The quantitative estimate of drug-likeness (QED) is 0.857. The van der Waals surface area contributed by atoms with E-state index in [-0.39, 0.29) is 0 Å². The predicted molar refractivity (Wildman–Crippen MR) is 67.3 cm³/mol. The van der Waals surface area contributed by atoms with E-state index >= 15 is 0 Å². The monoisotopic (exact) mass is 270 g/mol. The number of nitrogens with zero attached hydrogens (tertiary/aromatic N) is 2. The molecule has 0 spiro atoms. The zero-order chi connectivity index (χ0) is 12.3. The topological polar surface area (TPSA) is 44.2 Å². The molecule has 4 nitrogen and oxygen atoms in total. The van der Waals surface area contributed by atoms with E-state index in [0.717, 1.165) is 5.56 Å². The van der Waals surface area contributed by atoms with Crippen LogP contribution < -0.4 is 9.47 Å². The molecule has 0 atom stereocenters. The molecule has 1 aromatic carbocycles. The van der Waals surface area contributed by atoms with Crippen molar-refractivity contribution in [2.24, 2.45) is 0 Å². The minimum absolute atomic E-state index is 0.459. The Hall–Kier alpha value is -1.33. The Morgan fingerprint density at radius 3 is 2.59 bits per heavy atom. The lowest BCUT2D eigenvalue weighted by Gasteiger charge is -2.08. The summed E-state index contributed by atoms with van der Waals surface area (Å²) in [6.07, 6.45) is 0.629. The third-order valence-electron chi connectivity index (χ3n) is 2.25. The van der Waals surface area contributed by atoms with E-state index in [1.54, 1.807) is 14.2 Å². The summed E-state index contributed by atoms with van der Waals surface area (Å²) in [7, 11) is 3.22. The van der Waals surface area contributed by atoms with Crippen LogP contribution >= 0.6 is 23.1 Å². The summed E-state index contributed by atoms with van der Waals surface area (Å²) in [6.45, 7) is 0. The van der Waals surface area contributed by atoms with Crippen LogP contribution in [0, 0.1) is 0 Å². The molecule has 1 heterocycles. The molecule has 2 rings (SSSR count). The normalized spacial score (nSPS) is 10.3. The highest BCUT2D eigenvalue weighted by Gasteiger charge is 2.07. The van der Waals surface area contributed by atoms with Gasteiger partial charge in [-0.3, -0.25) is 0 Å². The van der Waals surface area contributed by atoms with E-state index in [2.05, 4.69) is 9.36 Å². The first-order chi connectivity index (χ1) is 8.22. The van der Waals surface area contributed by atoms with Gasteiger partial charge in [0, 0.05) is 6.42 Å². The summed E-state index contributed by atoms with van der Waals surface area (Å²) in [5, 5.41) is 0. The number of aromatic nitrogens is 2. The van der Waals surface area contributed by atoms with Gasteiger partial charge in [-0.25, -0.2) is 4.98 Å². The van der Waals surface area contributed by atoms with Gasteiger partial charge in [0.25, 0.3) is 0 Å². The third kappa shape index (κ3) is 2.87. The van der Waals surface area contributed by atoms with Crippen molar-refractivity contribution < 1.29 is 9.47 Å². The van der Waals surface area contributed by atoms with Crippen molar-refractivity contribution in [3.05, 3.63) is 34.1 Å². The molecule has 6 heteroatoms. The van der Waals surface area contributed by atoms with Crippen molar-refractivity contribution >= 4 is 23.1 Å². The van der Waals surface area contributed by atoms with Gasteiger partial charge < -0.3 is 9.47 Å². The molecule has 0 aliphatic carbocycles. The van der Waals surface area contributed by atoms with Crippen LogP contribution in [0.2, 0.25) is 4.47 Å². The maximum atomic E-state index is 5.73. The lowest BCUT2D eigenvalue weighted by atomic mass is 10.1. The molecule has 2 aromatic rings. The molecule has 90 valence electrons. The van der Waals surface area contributed by atoms with Gasteiger partial charge in [0.2, 0.25) is 4.47 Å². The van der Waals surface area contributed by atoms with Crippen molar-refractivity contribution in [3.8, 4) is 11.5 Å². The van der Waals surface area contributed by atoms with Crippen LogP contribution in [0.4, 0.5) is 0 Å². The minimum Gasteiger partial charge on any atom is -0.493 e. The molecule has 1 aromatic heterocycles. The van der Waals surface area contributed by atoms with Crippen LogP contribution in [0.25, 0.3) is 0 Å². The summed E-state index contributed by atoms with van der Waals surface area (Å²) in [5.41, 5.74) is 1.05. The summed E-state index contributed by atoms with van der Waals surface area (Å²) in [6, 6.07) is 5.73. The Morgan fingerprint density at radius 1 is 1.24 bits per heavy atom. The third-order valence-corrected chi connectivity index (χ3v) is 3.09. The second-order valence-electron chi connectivity index (χ2n) is 3.33. The number of hydrogen-bond acceptors (Lipinski definition) is 5. The molecule has 0 unspecified atom stereocenters. The van der Waals surface area contributed by atoms with Crippen molar-refractivity contribution in [2.75, 3.05) is 14.2 Å². The second kappa shape index (κ2) is 5.33. The molecular weight excluding hydrogens is 260 g/mol. The highest BCUT2D eigenvalue weighted by Crippen LogP contribution is 2.28. The Balaban J connectivity index is 2.22. The second-order valence-corrected chi connectivity index (χ2v) is 4.66. The maximum absolute atomic E-state index is 5.73. The summed E-state index contributed by atoms with van der Waals surface area (Å²) in [4.78, 5) is 4.10. The standard InChI is InChI=1S/C11H11ClN2O2S/c1-15-8-4-3-7(5-9(8)16-2)6-10-13-11(12)17-14-10/h3-5H,6H2,1-2H3. The van der Waals surface area contributed by atoms with Gasteiger partial charge in [0.15, 0.2) is 11.5 Å². The van der Waals surface area contributed by atoms with Crippen LogP contribution in [0.5, 0.6) is 11.5 Å². The van der Waals surface area contributed by atoms with Crippen molar-refractivity contribution in [1.82, 2.24) is 9.36 Å². The van der Waals surface area contributed by atoms with Gasteiger partial charge >= 0.3 is 0 Å². The van der Waals surface area contributed by atoms with E-state index in [9.17, 15) is 0 Å². The molecule has 0 aliphatic rings. The van der Waals surface area contributed by atoms with Crippen molar-refractivity contribution in [3.63, 3.8) is 0 Å². The Kier molecular flexibility index (Phi) is 3.81. The fraction of sp³-hybridized carbons (Fsp3) is 0.273. The first kappa shape index (κ1) is 12.1. The number of hydrogen-bond donors (Lipinski definition) is 0. The summed E-state index contributed by atoms with van der Waals surface area (Å²) >= 11 is 6.92. The van der Waals surface area contributed by atoms with Crippen LogP contribution in [0.3, 0.4) is 0 Å². The average molecular weight is 271 g/mol. The molecule has 0 bridgehead atoms. The fourth-order valence-corrected chi connectivity index (χ4v) is 2.11. The number of ether oxygens (including phenoxy) is 2. The summed E-state index contributed by atoms with van der Waals surface area (Å²) < 4.78 is 15.0. The van der Waals surface area contributed by atoms with E-state index in [1.165, 1.54) is 11.5 Å². The Morgan fingerprint density at radius 2 is 2.00 bits per heavy atom. The van der Waals surface area contributed by atoms with E-state index in [1.807, 2.05) is 18.2 Å². The van der Waals surface area contributed by atoms with Gasteiger partial charge in [0.1, 0.15) is 5.82 Å². The molecule has 0 saturated heterocycles. The molecule has 0 amide bonds. The van der Waals surface area contributed by atoms with E-state index in [4.69, 9.17) is 21.1 Å². The van der Waals surface area contributed by atoms with Gasteiger partial charge in [-0.05, 0) is 40.8 Å². The van der Waals surface area contributed by atoms with Crippen LogP contribution in [0.15, 0.2) is 18.2 Å². The lowest BCUT2D eigenvalue weighted by molar-refractivity contribution is 0.354. The minimum atomic E-state index is 0.459. The zero-order valence-corrected chi connectivity index (χ0v) is 11.0. The maximum Gasteiger partial charge on any atom is 0.203 e. The van der Waals surface area contributed by atoms with Gasteiger partial charge in [0.05, 0.1) is 14.2 Å². The lowest BCUT2D eigenvalue weighted by Crippen LogP contribution is -1.94. The number of rotatable bonds is 4. The van der Waals surface area contributed by atoms with Crippen molar-refractivity contribution in [1.29, 1.82) is 0 Å². The summed E-state index contributed by atoms with van der Waals surface area (Å²) in [5.74, 6) is 2.12. The molecule has 0 radical (unpaired) electrons. The number of halogens is 1. The molecule has 0 fully saturated rings. The Labute approximate surface area is 108 Å². The van der Waals surface area contributed by atoms with E-state index < -0.39 is 0 Å². The van der Waals surface area contributed by atoms with Crippen LogP contribution in [0.1, 0.15) is 11.4 Å². The van der Waals surface area contributed by atoms with Gasteiger partial charge in [-0.1, -0.05) is 6.07 Å². The van der Waals surface area contributed by atoms with Crippen LogP contribution in [-0.2, 0) is 6.42 Å². The smallest absolute Gasteiger partial charge is 0.203 e. The zero-order valence-electron chi connectivity index (χ0n) is 9.44. The van der Waals surface area contributed by atoms with Crippen molar-refractivity contribution in [2.45, 2.75) is 6.42 Å². The molecule has 0 saturated carbocycles. The predicted octanol–water partition coefficient (Wildman–Crippen LogP) is 2.80. The number of methoxy groups -OCH3 is 2. The fourth-order valence-electron chi connectivity index (χ4n) is 1.48. The molecule has 17 heavy (non-hydrogen) atoms. The Bertz CT molecular complexity index is 516. The SMILES string of the molecule is COc1ccc(Cc2nsc(Cl)n2)cc1OC. The highest BCUT2D eigenvalue weighted by atomic mass is 35.5. The number of benzene rings is 1. The molecule has 0 aliphatic heterocycles. The first-order valence-electron chi connectivity index (χ1n) is 4.92. The molecule has 0 N–H and O–H groups in total. The van der Waals surface area contributed by atoms with E-state index in [0.29, 0.717) is 28.2 Å². The first-order valence-corrected chi connectivity index (χ1v) is 6.07. The van der Waals surface area contributed by atoms with Crippen LogP contribution in [-0.4, -0.2) is 23.6 Å². The van der Waals surface area contributed by atoms with Gasteiger partial charge in [-0.15, -0.1) is 0 Å². The average Bonchev–Trinajstić information content (AvgIpc) is 2.74. The molecular formula is C11H11ClN2O2S. The highest BCUT2D eigenvalue weighted by molar-refractivity contribution is 7.10.